The van der Waals surface area contributed by atoms with Gasteiger partial charge in [0.05, 0.1) is 11.8 Å². The Labute approximate surface area is 206 Å². The van der Waals surface area contributed by atoms with Crippen LogP contribution in [-0.2, 0) is 0 Å². The van der Waals surface area contributed by atoms with Crippen molar-refractivity contribution >= 4 is 27.4 Å². The number of ether oxygens (including phenoxy) is 1. The van der Waals surface area contributed by atoms with Crippen LogP contribution in [0.2, 0.25) is 0 Å². The van der Waals surface area contributed by atoms with E-state index >= 15 is 0 Å². The number of hydrazone groups is 1. The fraction of sp³-hybridized carbons (Fsp3) is 0.103. The summed E-state index contributed by atoms with van der Waals surface area (Å²) in [7, 11) is 0. The molecule has 5 heteroatoms. The molecule has 0 aromatic heterocycles. The van der Waals surface area contributed by atoms with E-state index in [9.17, 15) is 4.79 Å². The number of hydrogen-bond acceptors (Lipinski definition) is 4. The summed E-state index contributed by atoms with van der Waals surface area (Å²) in [5, 5.41) is 6.73. The summed E-state index contributed by atoms with van der Waals surface area (Å²) in [5.74, 6) is 0.629. The van der Waals surface area contributed by atoms with Gasteiger partial charge in [0.15, 0.2) is 0 Å². The zero-order chi connectivity index (χ0) is 23.1. The molecule has 6 rings (SSSR count). The molecule has 2 aliphatic heterocycles. The summed E-state index contributed by atoms with van der Waals surface area (Å²) in [6.07, 6.45) is -0.101. The van der Waals surface area contributed by atoms with Crippen molar-refractivity contribution in [2.45, 2.75) is 18.7 Å². The summed E-state index contributed by atoms with van der Waals surface area (Å²) < 4.78 is 7.24. The molecule has 0 radical (unpaired) electrons. The fourth-order valence-corrected chi connectivity index (χ4v) is 5.01. The van der Waals surface area contributed by atoms with Gasteiger partial charge in [-0.25, -0.2) is 5.01 Å². The van der Waals surface area contributed by atoms with E-state index in [1.54, 1.807) is 0 Å². The monoisotopic (exact) mass is 508 g/mol. The smallest absolute Gasteiger partial charge is 0.251 e. The fourth-order valence-electron chi connectivity index (χ4n) is 4.64. The zero-order valence-electron chi connectivity index (χ0n) is 18.3. The molecule has 2 heterocycles. The molecule has 0 N–H and O–H groups in total. The second-order valence-electron chi connectivity index (χ2n) is 8.47. The topological polar surface area (TPSA) is 41.9 Å². The Bertz CT molecular complexity index is 1390. The highest BCUT2D eigenvalue weighted by Gasteiger charge is 2.43. The average molecular weight is 509 g/mol. The largest absolute Gasteiger partial charge is 0.461 e. The number of hydrogen-bond donors (Lipinski definition) is 0. The Hall–Kier alpha value is -3.70. The van der Waals surface area contributed by atoms with Gasteiger partial charge in [0.1, 0.15) is 5.75 Å². The van der Waals surface area contributed by atoms with Crippen LogP contribution in [0, 0.1) is 0 Å². The molecular formula is C29H21BrN2O2. The van der Waals surface area contributed by atoms with E-state index in [4.69, 9.17) is 9.84 Å². The van der Waals surface area contributed by atoms with E-state index < -0.39 is 6.23 Å². The first-order valence-corrected chi connectivity index (χ1v) is 12.0. The maximum Gasteiger partial charge on any atom is 0.251 e. The number of Topliss-reactive ketones (excluding diaryl/α,β-unsaturated/α-hetero) is 1. The molecule has 0 unspecified atom stereocenters. The van der Waals surface area contributed by atoms with Crippen molar-refractivity contribution in [2.75, 3.05) is 0 Å². The first-order chi connectivity index (χ1) is 16.7. The lowest BCUT2D eigenvalue weighted by atomic mass is 9.95. The molecular weight excluding hydrogens is 488 g/mol. The first-order valence-electron chi connectivity index (χ1n) is 11.2. The van der Waals surface area contributed by atoms with Gasteiger partial charge in [0.2, 0.25) is 5.78 Å². The van der Waals surface area contributed by atoms with Crippen LogP contribution >= 0.6 is 15.9 Å². The van der Waals surface area contributed by atoms with Gasteiger partial charge in [0, 0.05) is 22.0 Å². The molecule has 0 spiro atoms. The van der Waals surface area contributed by atoms with Gasteiger partial charge < -0.3 is 4.74 Å². The molecule has 2 aliphatic rings. The summed E-state index contributed by atoms with van der Waals surface area (Å²) >= 11 is 3.58. The SMILES string of the molecule is O=C(c1ccc(-c2ccccc2)cc1)[C@@H]1Oc2ccc(Br)cc2[C@H]2CC(c3ccccc3)=NN21. The van der Waals surface area contributed by atoms with Crippen molar-refractivity contribution in [1.82, 2.24) is 5.01 Å². The lowest BCUT2D eigenvalue weighted by Crippen LogP contribution is -2.45. The van der Waals surface area contributed by atoms with Crippen molar-refractivity contribution < 1.29 is 9.53 Å². The van der Waals surface area contributed by atoms with Gasteiger partial charge in [-0.05, 0) is 34.9 Å². The van der Waals surface area contributed by atoms with Crippen molar-refractivity contribution in [3.8, 4) is 16.9 Å². The number of fused-ring (bicyclic) bond motifs is 3. The number of benzene rings is 4. The molecule has 0 saturated heterocycles. The second-order valence-corrected chi connectivity index (χ2v) is 9.39. The van der Waals surface area contributed by atoms with Crippen LogP contribution in [0.1, 0.15) is 33.9 Å². The number of rotatable bonds is 4. The zero-order valence-corrected chi connectivity index (χ0v) is 19.9. The summed E-state index contributed by atoms with van der Waals surface area (Å²) in [4.78, 5) is 13.7. The normalized spacial score (nSPS) is 18.5. The van der Waals surface area contributed by atoms with Crippen LogP contribution in [0.3, 0.4) is 0 Å². The van der Waals surface area contributed by atoms with Crippen LogP contribution in [0.5, 0.6) is 5.75 Å². The second kappa shape index (κ2) is 8.58. The standard InChI is InChI=1S/C29H21BrN2O2/c30-23-15-16-27-24(17-23)26-18-25(21-9-5-2-6-10-21)31-32(26)29(34-27)28(33)22-13-11-20(12-14-22)19-7-3-1-4-8-19/h1-17,26,29H,18H2/t26-,29+/m1/s1. The lowest BCUT2D eigenvalue weighted by molar-refractivity contribution is -0.00458. The Balaban J connectivity index is 1.36. The van der Waals surface area contributed by atoms with Crippen LogP contribution < -0.4 is 4.74 Å². The molecule has 34 heavy (non-hydrogen) atoms. The molecule has 4 aromatic carbocycles. The highest BCUT2D eigenvalue weighted by atomic mass is 79.9. The van der Waals surface area contributed by atoms with E-state index in [0.717, 1.165) is 38.2 Å². The van der Waals surface area contributed by atoms with Crippen molar-refractivity contribution in [1.29, 1.82) is 0 Å². The quantitative estimate of drug-likeness (QED) is 0.282. The van der Waals surface area contributed by atoms with Crippen molar-refractivity contribution in [3.63, 3.8) is 0 Å². The van der Waals surface area contributed by atoms with E-state index in [1.165, 1.54) is 0 Å². The molecule has 0 amide bonds. The third-order valence-corrected chi connectivity index (χ3v) is 6.85. The maximum absolute atomic E-state index is 13.7. The van der Waals surface area contributed by atoms with Crippen LogP contribution in [-0.4, -0.2) is 22.7 Å². The Morgan fingerprint density at radius 2 is 1.47 bits per heavy atom. The van der Waals surface area contributed by atoms with E-state index in [1.807, 2.05) is 77.8 Å². The van der Waals surface area contributed by atoms with Crippen LogP contribution in [0.4, 0.5) is 0 Å². The maximum atomic E-state index is 13.7. The molecule has 0 bridgehead atoms. The number of ketones is 1. The number of halogens is 1. The number of carbonyl (C=O) groups is 1. The number of carbonyl (C=O) groups excluding carboxylic acids is 1. The van der Waals surface area contributed by atoms with Gasteiger partial charge in [-0.1, -0.05) is 101 Å². The minimum absolute atomic E-state index is 0.0611. The minimum atomic E-state index is -0.817. The van der Waals surface area contributed by atoms with E-state index in [2.05, 4.69) is 46.3 Å². The van der Waals surface area contributed by atoms with Gasteiger partial charge in [-0.3, -0.25) is 4.79 Å². The summed E-state index contributed by atoms with van der Waals surface area (Å²) in [5.41, 5.74) is 5.85. The van der Waals surface area contributed by atoms with E-state index in [-0.39, 0.29) is 11.8 Å². The molecule has 166 valence electrons. The van der Waals surface area contributed by atoms with Gasteiger partial charge in [-0.15, -0.1) is 0 Å². The van der Waals surface area contributed by atoms with Crippen molar-refractivity contribution in [2.24, 2.45) is 5.10 Å². The van der Waals surface area contributed by atoms with Gasteiger partial charge >= 0.3 is 0 Å². The average Bonchev–Trinajstić information content (AvgIpc) is 3.35. The van der Waals surface area contributed by atoms with Gasteiger partial charge in [0.25, 0.3) is 6.23 Å². The van der Waals surface area contributed by atoms with Crippen molar-refractivity contribution in [3.05, 3.63) is 124 Å². The van der Waals surface area contributed by atoms with E-state index in [0.29, 0.717) is 12.0 Å². The molecule has 0 saturated carbocycles. The summed E-state index contributed by atoms with van der Waals surface area (Å²) in [6, 6.07) is 33.8. The molecule has 0 fully saturated rings. The lowest BCUT2D eigenvalue weighted by Gasteiger charge is -2.37. The molecule has 0 aliphatic carbocycles. The Kier molecular flexibility index (Phi) is 5.27. The minimum Gasteiger partial charge on any atom is -0.461 e. The predicted octanol–water partition coefficient (Wildman–Crippen LogP) is 6.87. The molecule has 4 nitrogen and oxygen atoms in total. The molecule has 2 atom stereocenters. The molecule has 4 aromatic rings. The Morgan fingerprint density at radius 3 is 2.18 bits per heavy atom. The highest BCUT2D eigenvalue weighted by molar-refractivity contribution is 9.10. The Morgan fingerprint density at radius 1 is 0.824 bits per heavy atom. The first kappa shape index (κ1) is 20.9. The van der Waals surface area contributed by atoms with Crippen LogP contribution in [0.25, 0.3) is 11.1 Å². The number of nitrogens with zero attached hydrogens (tertiary/aromatic N) is 2. The third-order valence-electron chi connectivity index (χ3n) is 6.36. The summed E-state index contributed by atoms with van der Waals surface area (Å²) in [6.45, 7) is 0. The highest BCUT2D eigenvalue weighted by Crippen LogP contribution is 2.44. The predicted molar refractivity (Wildman–Crippen MR) is 137 cm³/mol. The third kappa shape index (κ3) is 3.72. The van der Waals surface area contributed by atoms with Crippen LogP contribution in [0.15, 0.2) is 113 Å². The van der Waals surface area contributed by atoms with Gasteiger partial charge in [-0.2, -0.15) is 5.10 Å².